The Balaban J connectivity index is 1.60. The first-order chi connectivity index (χ1) is 19.7. The number of nitro benzene ring substituents is 1. The molecule has 0 aliphatic carbocycles. The number of hydrogen-bond acceptors (Lipinski definition) is 10. The average molecular weight is 562 g/mol. The summed E-state index contributed by atoms with van der Waals surface area (Å²) in [7, 11) is 0.673. The average Bonchev–Trinajstić information content (AvgIpc) is 2.95. The minimum Gasteiger partial charge on any atom is -0.493 e. The molecule has 14 heteroatoms. The summed E-state index contributed by atoms with van der Waals surface area (Å²) in [5.41, 5.74) is 0.980. The standard InChI is InChI=1S/C27H27BN4O9/c1-28(36)30-16-15-29-26(34)21-5-3-4-6-22(21)31-25(33)14-8-18-7-13-23(24(17-18)39-2)41-27(35)40-20-11-9-19(10-12-20)32(37)38/h3-14,17,30,36H,15-16H2,1-2H3,(H,29,34)(H,31,33). The second-order valence-electron chi connectivity index (χ2n) is 8.37. The zero-order chi connectivity index (χ0) is 29.8. The van der Waals surface area contributed by atoms with Crippen LogP contribution in [-0.4, -0.2) is 55.2 Å². The Hall–Kier alpha value is -5.21. The molecule has 4 N–H and O–H groups in total. The van der Waals surface area contributed by atoms with Crippen LogP contribution in [0.5, 0.6) is 17.2 Å². The highest BCUT2D eigenvalue weighted by Crippen LogP contribution is 2.29. The van der Waals surface area contributed by atoms with Crippen LogP contribution >= 0.6 is 0 Å². The number of amides is 2. The smallest absolute Gasteiger partial charge is 0.493 e. The zero-order valence-corrected chi connectivity index (χ0v) is 22.2. The van der Waals surface area contributed by atoms with Crippen LogP contribution < -0.4 is 30.1 Å². The van der Waals surface area contributed by atoms with Gasteiger partial charge in [-0.3, -0.25) is 19.7 Å². The maximum Gasteiger partial charge on any atom is 0.519 e. The second-order valence-corrected chi connectivity index (χ2v) is 8.37. The molecule has 0 radical (unpaired) electrons. The lowest BCUT2D eigenvalue weighted by Gasteiger charge is -2.11. The topological polar surface area (TPSA) is 178 Å². The number of carbonyl (C=O) groups is 3. The van der Waals surface area contributed by atoms with Gasteiger partial charge in [-0.05, 0) is 54.9 Å². The first-order valence-corrected chi connectivity index (χ1v) is 12.3. The number of nitrogens with zero attached hydrogens (tertiary/aromatic N) is 1. The number of para-hydroxylation sites is 1. The van der Waals surface area contributed by atoms with Gasteiger partial charge in [-0.15, -0.1) is 0 Å². The predicted molar refractivity (Wildman–Crippen MR) is 151 cm³/mol. The third-order valence-electron chi connectivity index (χ3n) is 5.34. The van der Waals surface area contributed by atoms with Crippen LogP contribution in [-0.2, 0) is 4.79 Å². The number of rotatable bonds is 12. The Kier molecular flexibility index (Phi) is 11.0. The van der Waals surface area contributed by atoms with Crippen molar-refractivity contribution in [2.45, 2.75) is 6.82 Å². The largest absolute Gasteiger partial charge is 0.519 e. The van der Waals surface area contributed by atoms with Gasteiger partial charge < -0.3 is 35.1 Å². The lowest BCUT2D eigenvalue weighted by molar-refractivity contribution is -0.384. The Morgan fingerprint density at radius 2 is 1.73 bits per heavy atom. The number of non-ortho nitro benzene ring substituents is 1. The Morgan fingerprint density at radius 1 is 1.00 bits per heavy atom. The van der Waals surface area contributed by atoms with Crippen molar-refractivity contribution in [1.29, 1.82) is 0 Å². The minimum absolute atomic E-state index is 0.0459. The highest BCUT2D eigenvalue weighted by molar-refractivity contribution is 6.45. The first kappa shape index (κ1) is 30.3. The van der Waals surface area contributed by atoms with Crippen molar-refractivity contribution in [3.63, 3.8) is 0 Å². The van der Waals surface area contributed by atoms with Gasteiger partial charge in [-0.1, -0.05) is 18.2 Å². The summed E-state index contributed by atoms with van der Waals surface area (Å²) < 4.78 is 15.5. The molecule has 212 valence electrons. The van der Waals surface area contributed by atoms with Crippen molar-refractivity contribution in [2.24, 2.45) is 0 Å². The van der Waals surface area contributed by atoms with Crippen molar-refractivity contribution in [1.82, 2.24) is 10.5 Å². The monoisotopic (exact) mass is 562 g/mol. The van der Waals surface area contributed by atoms with Crippen LogP contribution in [0.15, 0.2) is 72.8 Å². The molecule has 0 saturated heterocycles. The van der Waals surface area contributed by atoms with Gasteiger partial charge in [0.25, 0.3) is 11.6 Å². The normalized spacial score (nSPS) is 10.5. The lowest BCUT2D eigenvalue weighted by atomic mass is 9.89. The fourth-order valence-electron chi connectivity index (χ4n) is 3.40. The fourth-order valence-corrected chi connectivity index (χ4v) is 3.40. The van der Waals surface area contributed by atoms with E-state index in [0.717, 1.165) is 0 Å². The predicted octanol–water partition coefficient (Wildman–Crippen LogP) is 3.26. The van der Waals surface area contributed by atoms with Gasteiger partial charge in [-0.25, -0.2) is 4.79 Å². The van der Waals surface area contributed by atoms with Crippen LogP contribution in [0.4, 0.5) is 16.2 Å². The Bertz CT molecular complexity index is 1430. The van der Waals surface area contributed by atoms with Gasteiger partial charge >= 0.3 is 13.2 Å². The molecule has 0 saturated carbocycles. The van der Waals surface area contributed by atoms with Gasteiger partial charge in [0.2, 0.25) is 5.91 Å². The molecular weight excluding hydrogens is 535 g/mol. The quantitative estimate of drug-likeness (QED) is 0.0487. The molecule has 13 nitrogen and oxygen atoms in total. The Labute approximate surface area is 235 Å². The number of carbonyl (C=O) groups excluding carboxylic acids is 3. The molecule has 0 bridgehead atoms. The molecule has 0 fully saturated rings. The number of nitro groups is 1. The molecular formula is C27H27BN4O9. The molecule has 0 aliphatic heterocycles. The third-order valence-corrected chi connectivity index (χ3v) is 5.34. The van der Waals surface area contributed by atoms with Crippen LogP contribution in [0.3, 0.4) is 0 Å². The molecule has 0 heterocycles. The fraction of sp³-hybridized carbons (Fsp3) is 0.148. The summed E-state index contributed by atoms with van der Waals surface area (Å²) in [5, 5.41) is 28.1. The number of nitrogens with one attached hydrogen (secondary N) is 3. The van der Waals surface area contributed by atoms with Crippen LogP contribution in [0, 0.1) is 10.1 Å². The molecule has 0 unspecified atom stereocenters. The van der Waals surface area contributed by atoms with Gasteiger partial charge in [0.05, 0.1) is 23.3 Å². The summed E-state index contributed by atoms with van der Waals surface area (Å²) in [6.45, 7) is 2.22. The Morgan fingerprint density at radius 3 is 2.41 bits per heavy atom. The maximum atomic E-state index is 12.6. The molecule has 3 rings (SSSR count). The van der Waals surface area contributed by atoms with Gasteiger partial charge in [-0.2, -0.15) is 0 Å². The van der Waals surface area contributed by atoms with E-state index >= 15 is 0 Å². The minimum atomic E-state index is -1.08. The summed E-state index contributed by atoms with van der Waals surface area (Å²) in [6.07, 6.45) is 1.68. The van der Waals surface area contributed by atoms with Crippen molar-refractivity contribution in [3.05, 3.63) is 94.0 Å². The summed E-state index contributed by atoms with van der Waals surface area (Å²) in [6, 6.07) is 16.0. The van der Waals surface area contributed by atoms with Crippen LogP contribution in [0.25, 0.3) is 6.08 Å². The second kappa shape index (κ2) is 14.8. The third kappa shape index (κ3) is 9.49. The molecule has 0 aliphatic rings. The first-order valence-electron chi connectivity index (χ1n) is 12.3. The van der Waals surface area contributed by atoms with Crippen molar-refractivity contribution in [3.8, 4) is 17.2 Å². The van der Waals surface area contributed by atoms with E-state index in [4.69, 9.17) is 14.2 Å². The number of ether oxygens (including phenoxy) is 3. The van der Waals surface area contributed by atoms with E-state index in [1.807, 2.05) is 0 Å². The number of anilines is 1. The summed E-state index contributed by atoms with van der Waals surface area (Å²) in [5.74, 6) is -0.598. The maximum absolute atomic E-state index is 12.6. The molecule has 0 atom stereocenters. The van der Waals surface area contributed by atoms with Crippen molar-refractivity contribution >= 4 is 42.5 Å². The molecule has 0 aromatic heterocycles. The van der Waals surface area contributed by atoms with E-state index in [2.05, 4.69) is 15.9 Å². The van der Waals surface area contributed by atoms with E-state index < -0.39 is 24.0 Å². The van der Waals surface area contributed by atoms with Crippen LogP contribution in [0.2, 0.25) is 6.82 Å². The van der Waals surface area contributed by atoms with Crippen molar-refractivity contribution < 1.29 is 38.5 Å². The van der Waals surface area contributed by atoms with E-state index in [1.165, 1.54) is 55.7 Å². The van der Waals surface area contributed by atoms with Crippen LogP contribution in [0.1, 0.15) is 15.9 Å². The summed E-state index contributed by atoms with van der Waals surface area (Å²) >= 11 is 0. The molecule has 3 aromatic rings. The summed E-state index contributed by atoms with van der Waals surface area (Å²) in [4.78, 5) is 47.5. The highest BCUT2D eigenvalue weighted by Gasteiger charge is 2.15. The van der Waals surface area contributed by atoms with Gasteiger partial charge in [0, 0.05) is 31.3 Å². The molecule has 3 aromatic carbocycles. The van der Waals surface area contributed by atoms with E-state index in [1.54, 1.807) is 37.2 Å². The molecule has 2 amide bonds. The number of hydrogen-bond donors (Lipinski definition) is 4. The van der Waals surface area contributed by atoms with Gasteiger partial charge in [0.15, 0.2) is 11.5 Å². The van der Waals surface area contributed by atoms with E-state index in [-0.39, 0.29) is 41.0 Å². The zero-order valence-electron chi connectivity index (χ0n) is 22.2. The molecule has 0 spiro atoms. The van der Waals surface area contributed by atoms with E-state index in [0.29, 0.717) is 17.8 Å². The number of benzene rings is 3. The van der Waals surface area contributed by atoms with E-state index in [9.17, 15) is 29.5 Å². The SMILES string of the molecule is COc1cc(C=CC(=O)Nc2ccccc2C(=O)NCCNB(C)O)ccc1OC(=O)Oc1ccc([N+](=O)[O-])cc1. The van der Waals surface area contributed by atoms with Gasteiger partial charge in [0.1, 0.15) is 5.75 Å². The molecule has 41 heavy (non-hydrogen) atoms. The lowest BCUT2D eigenvalue weighted by Crippen LogP contribution is -2.38. The van der Waals surface area contributed by atoms with Crippen molar-refractivity contribution in [2.75, 3.05) is 25.5 Å². The number of methoxy groups -OCH3 is 1. The highest BCUT2D eigenvalue weighted by atomic mass is 16.7.